The Labute approximate surface area is 92.0 Å². The summed E-state index contributed by atoms with van der Waals surface area (Å²) in [6, 6.07) is 0. The Morgan fingerprint density at radius 1 is 0.938 bits per heavy atom. The molecule has 0 rings (SSSR count). The molecule has 0 aromatic carbocycles. The number of ketones is 2. The van der Waals surface area contributed by atoms with Gasteiger partial charge >= 0.3 is 0 Å². The highest BCUT2D eigenvalue weighted by molar-refractivity contribution is 6.40. The predicted molar refractivity (Wildman–Crippen MR) is 51.4 cm³/mol. The maximum absolute atomic E-state index is 11.2. The summed E-state index contributed by atoms with van der Waals surface area (Å²) in [4.78, 5) is 22.4. The number of Topliss-reactive ketones (excluding diaryl/α,β-unsaturated/α-hetero) is 2. The number of carbonyl (C=O) groups excluding carboxylic acids is 2. The van der Waals surface area contributed by atoms with Crippen LogP contribution in [0.5, 0.6) is 0 Å². The van der Waals surface area contributed by atoms with Crippen LogP contribution in [-0.4, -0.2) is 68.1 Å². The van der Waals surface area contributed by atoms with Gasteiger partial charge in [-0.1, -0.05) is 6.92 Å². The summed E-state index contributed by atoms with van der Waals surface area (Å²) in [6.07, 6.45) is -7.18. The average Bonchev–Trinajstić information content (AvgIpc) is 2.32. The fraction of sp³-hybridized carbons (Fsp3) is 0.778. The molecule has 5 N–H and O–H groups in total. The molecular weight excluding hydrogens is 220 g/mol. The van der Waals surface area contributed by atoms with Crippen molar-refractivity contribution in [2.24, 2.45) is 0 Å². The second kappa shape index (κ2) is 6.66. The minimum atomic E-state index is -2.10. The van der Waals surface area contributed by atoms with E-state index >= 15 is 0 Å². The van der Waals surface area contributed by atoms with E-state index in [4.69, 9.17) is 20.4 Å². The monoisotopic (exact) mass is 236 g/mol. The minimum Gasteiger partial charge on any atom is -0.394 e. The van der Waals surface area contributed by atoms with Crippen molar-refractivity contribution in [3.63, 3.8) is 0 Å². The molecule has 4 atom stereocenters. The average molecular weight is 236 g/mol. The summed E-state index contributed by atoms with van der Waals surface area (Å²) in [6.45, 7) is 0.594. The number of carbonyl (C=O) groups is 2. The molecule has 16 heavy (non-hydrogen) atoms. The van der Waals surface area contributed by atoms with Gasteiger partial charge in [0.05, 0.1) is 12.7 Å². The van der Waals surface area contributed by atoms with E-state index in [1.165, 1.54) is 6.92 Å². The largest absolute Gasteiger partial charge is 0.394 e. The van der Waals surface area contributed by atoms with Gasteiger partial charge in [0.1, 0.15) is 18.3 Å². The zero-order valence-electron chi connectivity index (χ0n) is 8.78. The van der Waals surface area contributed by atoms with Gasteiger partial charge in [-0.2, -0.15) is 0 Å². The van der Waals surface area contributed by atoms with E-state index in [1.54, 1.807) is 0 Å². The van der Waals surface area contributed by atoms with Crippen LogP contribution in [0.15, 0.2) is 0 Å². The Kier molecular flexibility index (Phi) is 6.31. The molecule has 0 fully saturated rings. The Morgan fingerprint density at radius 3 is 1.62 bits per heavy atom. The SMILES string of the molecule is CCC(O)C(O)C(=O)C(=O)[C@H](O)[C@H](O)CO. The van der Waals surface area contributed by atoms with E-state index < -0.39 is 42.6 Å². The summed E-state index contributed by atoms with van der Waals surface area (Å²) in [7, 11) is 0. The van der Waals surface area contributed by atoms with Crippen LogP contribution in [0.4, 0.5) is 0 Å². The number of hydrogen-bond acceptors (Lipinski definition) is 7. The molecule has 7 heteroatoms. The van der Waals surface area contributed by atoms with E-state index in [9.17, 15) is 14.7 Å². The molecule has 0 saturated heterocycles. The van der Waals surface area contributed by atoms with Crippen molar-refractivity contribution in [3.05, 3.63) is 0 Å². The summed E-state index contributed by atoms with van der Waals surface area (Å²) in [5.74, 6) is -2.84. The molecule has 0 heterocycles. The maximum atomic E-state index is 11.2. The maximum Gasteiger partial charge on any atom is 0.232 e. The van der Waals surface area contributed by atoms with Gasteiger partial charge in [0.2, 0.25) is 11.6 Å². The molecular formula is C9H16O7. The van der Waals surface area contributed by atoms with Crippen molar-refractivity contribution in [1.29, 1.82) is 0 Å². The van der Waals surface area contributed by atoms with E-state index in [1.807, 2.05) is 0 Å². The lowest BCUT2D eigenvalue weighted by Crippen LogP contribution is -2.46. The fourth-order valence-electron chi connectivity index (χ4n) is 0.964. The van der Waals surface area contributed by atoms with Gasteiger partial charge in [-0.05, 0) is 6.42 Å². The second-order valence-electron chi connectivity index (χ2n) is 3.34. The van der Waals surface area contributed by atoms with Gasteiger partial charge in [0, 0.05) is 0 Å². The predicted octanol–water partition coefficient (Wildman–Crippen LogP) is -3.03. The highest BCUT2D eigenvalue weighted by atomic mass is 16.4. The molecule has 0 aliphatic rings. The van der Waals surface area contributed by atoms with Crippen molar-refractivity contribution in [2.75, 3.05) is 6.61 Å². The van der Waals surface area contributed by atoms with E-state index in [0.29, 0.717) is 0 Å². The molecule has 0 spiro atoms. The standard InChI is InChI=1S/C9H16O7/c1-2-4(11)6(13)8(15)9(16)7(14)5(12)3-10/h4-7,10-14H,2-3H2,1H3/t4?,5-,6?,7-/m1/s1. The molecule has 0 radical (unpaired) electrons. The van der Waals surface area contributed by atoms with Crippen LogP contribution >= 0.6 is 0 Å². The first-order valence-corrected chi connectivity index (χ1v) is 4.77. The number of aliphatic hydroxyl groups is 5. The van der Waals surface area contributed by atoms with Crippen molar-refractivity contribution in [1.82, 2.24) is 0 Å². The summed E-state index contributed by atoms with van der Waals surface area (Å²) in [5.41, 5.74) is 0. The minimum absolute atomic E-state index is 0.0544. The third kappa shape index (κ3) is 3.62. The van der Waals surface area contributed by atoms with E-state index in [-0.39, 0.29) is 6.42 Å². The molecule has 2 unspecified atom stereocenters. The lowest BCUT2D eigenvalue weighted by atomic mass is 9.99. The third-order valence-electron chi connectivity index (χ3n) is 2.11. The fourth-order valence-corrected chi connectivity index (χ4v) is 0.964. The van der Waals surface area contributed by atoms with Crippen molar-refractivity contribution >= 4 is 11.6 Å². The topological polar surface area (TPSA) is 135 Å². The summed E-state index contributed by atoms with van der Waals surface area (Å²) in [5, 5.41) is 44.7. The number of aliphatic hydroxyl groups excluding tert-OH is 5. The van der Waals surface area contributed by atoms with E-state index in [0.717, 1.165) is 0 Å². The first-order valence-electron chi connectivity index (χ1n) is 4.77. The second-order valence-corrected chi connectivity index (χ2v) is 3.34. The molecule has 0 saturated carbocycles. The van der Waals surface area contributed by atoms with Gasteiger partial charge in [0.15, 0.2) is 0 Å². The van der Waals surface area contributed by atoms with Crippen molar-refractivity contribution < 1.29 is 35.1 Å². The summed E-state index contributed by atoms with van der Waals surface area (Å²) < 4.78 is 0. The van der Waals surface area contributed by atoms with E-state index in [2.05, 4.69) is 0 Å². The van der Waals surface area contributed by atoms with Crippen LogP contribution in [0.25, 0.3) is 0 Å². The van der Waals surface area contributed by atoms with Crippen molar-refractivity contribution in [3.8, 4) is 0 Å². The summed E-state index contributed by atoms with van der Waals surface area (Å²) >= 11 is 0. The van der Waals surface area contributed by atoms with Crippen LogP contribution in [0, 0.1) is 0 Å². The lowest BCUT2D eigenvalue weighted by Gasteiger charge is -2.18. The zero-order chi connectivity index (χ0) is 12.9. The normalized spacial score (nSPS) is 18.6. The Morgan fingerprint density at radius 2 is 1.31 bits per heavy atom. The molecule has 0 amide bonds. The number of hydrogen-bond donors (Lipinski definition) is 5. The lowest BCUT2D eigenvalue weighted by molar-refractivity contribution is -0.153. The zero-order valence-corrected chi connectivity index (χ0v) is 8.78. The molecule has 0 aromatic rings. The number of rotatable bonds is 7. The molecule has 94 valence electrons. The van der Waals surface area contributed by atoms with Gasteiger partial charge in [-0.15, -0.1) is 0 Å². The van der Waals surface area contributed by atoms with Crippen molar-refractivity contribution in [2.45, 2.75) is 37.8 Å². The Bertz CT molecular complexity index is 226. The van der Waals surface area contributed by atoms with Crippen LogP contribution in [0.3, 0.4) is 0 Å². The van der Waals surface area contributed by atoms with Gasteiger partial charge in [-0.3, -0.25) is 9.59 Å². The van der Waals surface area contributed by atoms with Gasteiger partial charge < -0.3 is 25.5 Å². The highest BCUT2D eigenvalue weighted by Gasteiger charge is 2.35. The molecule has 0 aromatic heterocycles. The Balaban J connectivity index is 4.55. The molecule has 0 aliphatic carbocycles. The quantitative estimate of drug-likeness (QED) is 0.297. The molecule has 7 nitrogen and oxygen atoms in total. The first kappa shape index (κ1) is 15.1. The van der Waals surface area contributed by atoms with Crippen LogP contribution in [0.1, 0.15) is 13.3 Å². The first-order chi connectivity index (χ1) is 7.36. The smallest absolute Gasteiger partial charge is 0.232 e. The highest BCUT2D eigenvalue weighted by Crippen LogP contribution is 2.04. The molecule has 0 aliphatic heterocycles. The van der Waals surface area contributed by atoms with Gasteiger partial charge in [-0.25, -0.2) is 0 Å². The third-order valence-corrected chi connectivity index (χ3v) is 2.11. The molecule has 0 bridgehead atoms. The van der Waals surface area contributed by atoms with Crippen LogP contribution < -0.4 is 0 Å². The van der Waals surface area contributed by atoms with Crippen LogP contribution in [-0.2, 0) is 9.59 Å². The van der Waals surface area contributed by atoms with Crippen LogP contribution in [0.2, 0.25) is 0 Å². The van der Waals surface area contributed by atoms with Gasteiger partial charge in [0.25, 0.3) is 0 Å². The Hall–Kier alpha value is -0.860.